The first kappa shape index (κ1) is 31.5. The van der Waals surface area contributed by atoms with Gasteiger partial charge in [0.25, 0.3) is 0 Å². The molecule has 2 rings (SSSR count). The molecule has 0 heterocycles. The molecule has 0 aromatic heterocycles. The molecule has 2 aromatic carbocycles. The summed E-state index contributed by atoms with van der Waals surface area (Å²) in [6, 6.07) is 15.3. The average molecular weight is 540 g/mol. The van der Waals surface area contributed by atoms with Crippen LogP contribution >= 0.6 is 0 Å². The maximum Gasteiger partial charge on any atom is 0.328 e. The van der Waals surface area contributed by atoms with Gasteiger partial charge in [-0.3, -0.25) is 14.9 Å². The third-order valence-electron chi connectivity index (χ3n) is 6.44. The quantitative estimate of drug-likeness (QED) is 0.315. The van der Waals surface area contributed by atoms with Gasteiger partial charge in [-0.1, -0.05) is 88.4 Å². The first-order valence-corrected chi connectivity index (χ1v) is 13.2. The normalized spacial score (nSPS) is 14.2. The van der Waals surface area contributed by atoms with Gasteiger partial charge in [0.2, 0.25) is 11.8 Å². The molecule has 0 radical (unpaired) electrons. The minimum absolute atomic E-state index is 0.214. The van der Waals surface area contributed by atoms with Crippen molar-refractivity contribution in [1.82, 2.24) is 16.0 Å². The number of nitrogens with one attached hydrogen (secondary N) is 3. The van der Waals surface area contributed by atoms with E-state index >= 15 is 0 Å². The first-order valence-electron chi connectivity index (χ1n) is 13.2. The van der Waals surface area contributed by atoms with Gasteiger partial charge in [-0.15, -0.1) is 0 Å². The van der Waals surface area contributed by atoms with E-state index in [2.05, 4.69) is 16.0 Å². The number of amides is 2. The van der Waals surface area contributed by atoms with Gasteiger partial charge < -0.3 is 20.1 Å². The Morgan fingerprint density at radius 2 is 0.949 bits per heavy atom. The van der Waals surface area contributed by atoms with Crippen molar-refractivity contribution in [3.63, 3.8) is 0 Å². The molecule has 0 aliphatic rings. The number of carbonyl (C=O) groups is 4. The van der Waals surface area contributed by atoms with Crippen LogP contribution in [-0.2, 0) is 41.5 Å². The SMILES string of the molecule is COC(=O)[C@H](NC(=O)[C@@H](Cc1ccccc1)N[C@H](Cc1ccccc1)C(=O)N[C@@H](C(=O)OC)C(C)C)C(C)C. The first-order chi connectivity index (χ1) is 18.6. The second-order valence-corrected chi connectivity index (χ2v) is 10.2. The number of rotatable bonds is 14. The fourth-order valence-corrected chi connectivity index (χ4v) is 4.15. The Bertz CT molecular complexity index is 989. The van der Waals surface area contributed by atoms with Crippen LogP contribution in [0.5, 0.6) is 0 Å². The van der Waals surface area contributed by atoms with E-state index in [-0.39, 0.29) is 24.7 Å². The highest BCUT2D eigenvalue weighted by Gasteiger charge is 2.33. The highest BCUT2D eigenvalue weighted by molar-refractivity contribution is 5.90. The fourth-order valence-electron chi connectivity index (χ4n) is 4.15. The molecular formula is C30H41N3O6. The van der Waals surface area contributed by atoms with Crippen LogP contribution in [-0.4, -0.2) is 62.1 Å². The number of esters is 2. The van der Waals surface area contributed by atoms with E-state index in [4.69, 9.17) is 9.47 Å². The standard InChI is InChI=1S/C30H41N3O6/c1-19(2)25(29(36)38-5)32-27(34)23(17-21-13-9-7-10-14-21)31-24(18-22-15-11-8-12-16-22)28(35)33-26(20(3)4)30(37)39-6/h7-16,19-20,23-26,31H,17-18H2,1-6H3,(H,32,34)(H,33,35)/t23-,24-,25-,26-/m1/s1. The van der Waals surface area contributed by atoms with Gasteiger partial charge in [0.05, 0.1) is 26.3 Å². The molecule has 2 amide bonds. The van der Waals surface area contributed by atoms with E-state index < -0.39 is 47.9 Å². The van der Waals surface area contributed by atoms with Gasteiger partial charge in [0.15, 0.2) is 0 Å². The van der Waals surface area contributed by atoms with Gasteiger partial charge in [0.1, 0.15) is 12.1 Å². The number of hydrogen-bond donors (Lipinski definition) is 3. The van der Waals surface area contributed by atoms with Crippen molar-refractivity contribution in [2.75, 3.05) is 14.2 Å². The monoisotopic (exact) mass is 539 g/mol. The molecule has 0 fully saturated rings. The third kappa shape index (κ3) is 9.83. The van der Waals surface area contributed by atoms with Crippen LogP contribution < -0.4 is 16.0 Å². The molecule has 2 aromatic rings. The lowest BCUT2D eigenvalue weighted by Crippen LogP contribution is -2.59. The minimum atomic E-state index is -0.867. The molecule has 4 atom stereocenters. The highest BCUT2D eigenvalue weighted by Crippen LogP contribution is 2.12. The molecule has 9 nitrogen and oxygen atoms in total. The van der Waals surface area contributed by atoms with Crippen molar-refractivity contribution in [3.05, 3.63) is 71.8 Å². The van der Waals surface area contributed by atoms with Gasteiger partial charge in [-0.05, 0) is 35.8 Å². The summed E-state index contributed by atoms with van der Waals surface area (Å²) in [5.74, 6) is -2.41. The maximum absolute atomic E-state index is 13.6. The Labute approximate surface area is 231 Å². The van der Waals surface area contributed by atoms with Crippen LogP contribution in [0, 0.1) is 11.8 Å². The third-order valence-corrected chi connectivity index (χ3v) is 6.44. The topological polar surface area (TPSA) is 123 Å². The van der Waals surface area contributed by atoms with Crippen molar-refractivity contribution in [3.8, 4) is 0 Å². The number of ether oxygens (including phenoxy) is 2. The van der Waals surface area contributed by atoms with Crippen molar-refractivity contribution in [1.29, 1.82) is 0 Å². The second-order valence-electron chi connectivity index (χ2n) is 10.2. The number of carbonyl (C=O) groups excluding carboxylic acids is 4. The van der Waals surface area contributed by atoms with E-state index in [0.29, 0.717) is 0 Å². The summed E-state index contributed by atoms with van der Waals surface area (Å²) in [6.07, 6.45) is 0.531. The van der Waals surface area contributed by atoms with Crippen molar-refractivity contribution >= 4 is 23.8 Å². The van der Waals surface area contributed by atoms with E-state index in [9.17, 15) is 19.2 Å². The van der Waals surface area contributed by atoms with Crippen LogP contribution in [0.4, 0.5) is 0 Å². The number of methoxy groups -OCH3 is 2. The summed E-state index contributed by atoms with van der Waals surface area (Å²) >= 11 is 0. The van der Waals surface area contributed by atoms with Crippen molar-refractivity contribution in [2.24, 2.45) is 11.8 Å². The molecule has 0 bridgehead atoms. The molecule has 0 aliphatic carbocycles. The number of benzene rings is 2. The van der Waals surface area contributed by atoms with Crippen LogP contribution in [0.3, 0.4) is 0 Å². The molecule has 39 heavy (non-hydrogen) atoms. The molecule has 0 aliphatic heterocycles. The zero-order chi connectivity index (χ0) is 28.9. The Kier molecular flexibility index (Phi) is 12.6. The Morgan fingerprint density at radius 3 is 1.23 bits per heavy atom. The summed E-state index contributed by atoms with van der Waals surface area (Å²) in [4.78, 5) is 51.9. The largest absolute Gasteiger partial charge is 0.467 e. The van der Waals surface area contributed by atoms with Gasteiger partial charge in [-0.25, -0.2) is 9.59 Å². The Morgan fingerprint density at radius 1 is 0.615 bits per heavy atom. The van der Waals surface area contributed by atoms with E-state index in [1.54, 1.807) is 0 Å². The smallest absolute Gasteiger partial charge is 0.328 e. The van der Waals surface area contributed by atoms with Gasteiger partial charge in [-0.2, -0.15) is 0 Å². The molecule has 0 saturated heterocycles. The lowest BCUT2D eigenvalue weighted by molar-refractivity contribution is -0.146. The second kappa shape index (κ2) is 15.6. The average Bonchev–Trinajstić information content (AvgIpc) is 2.93. The van der Waals surface area contributed by atoms with E-state index in [0.717, 1.165) is 11.1 Å². The maximum atomic E-state index is 13.6. The van der Waals surface area contributed by atoms with Crippen LogP contribution in [0.2, 0.25) is 0 Å². The predicted octanol–water partition coefficient (Wildman–Crippen LogP) is 2.43. The Hall–Kier alpha value is -3.72. The highest BCUT2D eigenvalue weighted by atomic mass is 16.5. The summed E-state index contributed by atoms with van der Waals surface area (Å²) < 4.78 is 9.78. The van der Waals surface area contributed by atoms with Crippen LogP contribution in [0.15, 0.2) is 60.7 Å². The van der Waals surface area contributed by atoms with Crippen molar-refractivity contribution < 1.29 is 28.7 Å². The molecule has 212 valence electrons. The molecule has 9 heteroatoms. The zero-order valence-electron chi connectivity index (χ0n) is 23.6. The molecular weight excluding hydrogens is 498 g/mol. The van der Waals surface area contributed by atoms with Crippen molar-refractivity contribution in [2.45, 2.75) is 64.7 Å². The Balaban J connectivity index is 2.41. The number of hydrogen-bond acceptors (Lipinski definition) is 7. The van der Waals surface area contributed by atoms with Gasteiger partial charge in [0, 0.05) is 0 Å². The molecule has 0 saturated carbocycles. The molecule has 0 unspecified atom stereocenters. The van der Waals surface area contributed by atoms with Gasteiger partial charge >= 0.3 is 11.9 Å². The predicted molar refractivity (Wildman–Crippen MR) is 149 cm³/mol. The lowest BCUT2D eigenvalue weighted by Gasteiger charge is -2.29. The van der Waals surface area contributed by atoms with Crippen LogP contribution in [0.1, 0.15) is 38.8 Å². The zero-order valence-corrected chi connectivity index (χ0v) is 23.6. The molecule has 3 N–H and O–H groups in total. The summed E-state index contributed by atoms with van der Waals surface area (Å²) in [5.41, 5.74) is 1.75. The summed E-state index contributed by atoms with van der Waals surface area (Å²) in [7, 11) is 2.55. The molecule has 0 spiro atoms. The van der Waals surface area contributed by atoms with Crippen LogP contribution in [0.25, 0.3) is 0 Å². The lowest BCUT2D eigenvalue weighted by atomic mass is 9.98. The fraction of sp³-hybridized carbons (Fsp3) is 0.467. The minimum Gasteiger partial charge on any atom is -0.467 e. The van der Waals surface area contributed by atoms with E-state index in [1.165, 1.54) is 14.2 Å². The van der Waals surface area contributed by atoms with E-state index in [1.807, 2.05) is 88.4 Å². The summed E-state index contributed by atoms with van der Waals surface area (Å²) in [6.45, 7) is 7.25. The summed E-state index contributed by atoms with van der Waals surface area (Å²) in [5, 5.41) is 8.83.